The minimum absolute atomic E-state index is 0.00876. The molecule has 29 heavy (non-hydrogen) atoms. The summed E-state index contributed by atoms with van der Waals surface area (Å²) in [5.41, 5.74) is 0.958. The lowest BCUT2D eigenvalue weighted by atomic mass is 10.1. The zero-order valence-corrected chi connectivity index (χ0v) is 16.4. The van der Waals surface area contributed by atoms with E-state index in [0.717, 1.165) is 0 Å². The van der Waals surface area contributed by atoms with Crippen LogP contribution in [0.5, 0.6) is 5.75 Å². The van der Waals surface area contributed by atoms with Crippen LogP contribution in [-0.2, 0) is 16.0 Å². The predicted octanol–water partition coefficient (Wildman–Crippen LogP) is 3.94. The molecule has 148 valence electrons. The first-order valence-electron chi connectivity index (χ1n) is 8.96. The van der Waals surface area contributed by atoms with Crippen molar-refractivity contribution in [3.05, 3.63) is 63.6 Å². The molecule has 2 aliphatic rings. The van der Waals surface area contributed by atoms with Crippen LogP contribution in [0, 0.1) is 0 Å². The summed E-state index contributed by atoms with van der Waals surface area (Å²) in [6, 6.07) is 11.1. The van der Waals surface area contributed by atoms with Gasteiger partial charge < -0.3 is 14.3 Å². The second-order valence-electron chi connectivity index (χ2n) is 6.84. The van der Waals surface area contributed by atoms with Crippen LogP contribution in [-0.4, -0.2) is 27.0 Å². The number of fused-ring (bicyclic) bond motifs is 3. The summed E-state index contributed by atoms with van der Waals surface area (Å²) in [5.74, 6) is -0.342. The quantitative estimate of drug-likeness (QED) is 0.510. The lowest BCUT2D eigenvalue weighted by Gasteiger charge is -2.10. The fraction of sp³-hybridized carbons (Fsp3) is 0.190. The van der Waals surface area contributed by atoms with Crippen molar-refractivity contribution in [2.75, 3.05) is 0 Å². The number of nitrogens with zero attached hydrogens (tertiary/aromatic N) is 2. The topological polar surface area (TPSA) is 94.6 Å². The Morgan fingerprint density at radius 2 is 1.97 bits per heavy atom. The average molecular weight is 413 g/mol. The number of hydrogen-bond acceptors (Lipinski definition) is 6. The zero-order valence-electron chi connectivity index (χ0n) is 15.7. The van der Waals surface area contributed by atoms with Crippen molar-refractivity contribution in [1.29, 1.82) is 0 Å². The first-order valence-corrected chi connectivity index (χ1v) is 9.34. The lowest BCUT2D eigenvalue weighted by Crippen LogP contribution is -2.18. The molecule has 0 aromatic heterocycles. The van der Waals surface area contributed by atoms with E-state index in [1.165, 1.54) is 16.8 Å². The van der Waals surface area contributed by atoms with Gasteiger partial charge in [0.05, 0.1) is 11.8 Å². The molecule has 0 saturated carbocycles. The van der Waals surface area contributed by atoms with Gasteiger partial charge in [-0.05, 0) is 56.3 Å². The van der Waals surface area contributed by atoms with Gasteiger partial charge in [0, 0.05) is 10.4 Å². The molecule has 0 atom stereocenters. The highest BCUT2D eigenvalue weighted by Crippen LogP contribution is 2.34. The Morgan fingerprint density at radius 1 is 1.24 bits per heavy atom. The number of phenols is 1. The van der Waals surface area contributed by atoms with E-state index >= 15 is 0 Å². The van der Waals surface area contributed by atoms with E-state index in [-0.39, 0.29) is 29.6 Å². The molecule has 1 N–H and O–H groups in total. The summed E-state index contributed by atoms with van der Waals surface area (Å²) in [4.78, 5) is 25.4. The molecule has 0 bridgehead atoms. The number of benzene rings is 2. The summed E-state index contributed by atoms with van der Waals surface area (Å²) >= 11 is 5.94. The number of halogens is 1. The van der Waals surface area contributed by atoms with E-state index in [4.69, 9.17) is 20.8 Å². The predicted molar refractivity (Wildman–Crippen MR) is 108 cm³/mol. The molecule has 0 saturated heterocycles. The maximum absolute atomic E-state index is 13.2. The molecule has 2 heterocycles. The van der Waals surface area contributed by atoms with Gasteiger partial charge in [-0.1, -0.05) is 11.6 Å². The monoisotopic (exact) mass is 412 g/mol. The van der Waals surface area contributed by atoms with Crippen molar-refractivity contribution in [3.63, 3.8) is 0 Å². The molecule has 0 unspecified atom stereocenters. The van der Waals surface area contributed by atoms with E-state index in [1.807, 2.05) is 0 Å². The number of carbonyl (C=O) groups is 1. The Morgan fingerprint density at radius 3 is 2.66 bits per heavy atom. The minimum Gasteiger partial charge on any atom is -0.508 e. The van der Waals surface area contributed by atoms with Gasteiger partial charge >= 0.3 is 5.97 Å². The smallest absolute Gasteiger partial charge is 0.313 e. The van der Waals surface area contributed by atoms with Gasteiger partial charge in [0.15, 0.2) is 0 Å². The molecule has 0 radical (unpaired) electrons. The fourth-order valence-corrected chi connectivity index (χ4v) is 3.26. The first-order chi connectivity index (χ1) is 13.8. The van der Waals surface area contributed by atoms with Crippen molar-refractivity contribution < 1.29 is 19.1 Å². The summed E-state index contributed by atoms with van der Waals surface area (Å²) in [6.07, 6.45) is -0.508. The largest absolute Gasteiger partial charge is 0.508 e. The zero-order chi connectivity index (χ0) is 20.7. The maximum atomic E-state index is 13.2. The number of aromatic nitrogens is 2. The standard InChI is InChI=1S/C21H17ClN2O5/c1-11(2)28-18(26)10-17-19-20(15-9-14(25)7-8-16(15)29-17)23-24(21(19)27)13-5-3-12(22)4-6-13/h3-9,11,25H,10H2,1-2H3. The van der Waals surface area contributed by atoms with Gasteiger partial charge in [-0.25, -0.2) is 0 Å². The maximum Gasteiger partial charge on any atom is 0.313 e. The molecule has 8 heteroatoms. The molecule has 2 aromatic carbocycles. The molecule has 2 aromatic rings. The highest BCUT2D eigenvalue weighted by Gasteiger charge is 2.27. The number of carbonyl (C=O) groups excluding carboxylic acids is 1. The summed E-state index contributed by atoms with van der Waals surface area (Å²) < 4.78 is 12.3. The number of hydrogen-bond donors (Lipinski definition) is 1. The Balaban J connectivity index is 1.96. The number of aromatic hydroxyl groups is 1. The van der Waals surface area contributed by atoms with Crippen molar-refractivity contribution in [3.8, 4) is 22.7 Å². The van der Waals surface area contributed by atoms with Crippen LogP contribution < -0.4 is 5.56 Å². The Bertz CT molecular complexity index is 1240. The van der Waals surface area contributed by atoms with Crippen molar-refractivity contribution in [2.24, 2.45) is 0 Å². The highest BCUT2D eigenvalue weighted by atomic mass is 35.5. The summed E-state index contributed by atoms with van der Waals surface area (Å²) in [5, 5.41) is 15.3. The second-order valence-corrected chi connectivity index (χ2v) is 7.27. The fourth-order valence-electron chi connectivity index (χ4n) is 3.14. The van der Waals surface area contributed by atoms with Crippen LogP contribution >= 0.6 is 11.6 Å². The SMILES string of the molecule is CC(C)OC(=O)Cc1oc2ccc(O)cc2c2nn(-c3ccc(Cl)cc3)c(=O)c1-2. The van der Waals surface area contributed by atoms with E-state index in [1.54, 1.807) is 44.2 Å². The normalized spacial score (nSPS) is 11.4. The van der Waals surface area contributed by atoms with Crippen LogP contribution in [0.2, 0.25) is 5.02 Å². The van der Waals surface area contributed by atoms with E-state index in [2.05, 4.69) is 5.10 Å². The van der Waals surface area contributed by atoms with Crippen LogP contribution in [0.25, 0.3) is 27.9 Å². The van der Waals surface area contributed by atoms with Crippen molar-refractivity contribution in [2.45, 2.75) is 26.4 Å². The average Bonchev–Trinajstić information content (AvgIpc) is 3.00. The van der Waals surface area contributed by atoms with Crippen LogP contribution in [0.15, 0.2) is 51.7 Å². The third kappa shape index (κ3) is 3.56. The molecule has 0 aliphatic carbocycles. The number of ether oxygens (including phenoxy) is 1. The van der Waals surface area contributed by atoms with Gasteiger partial charge in [-0.2, -0.15) is 9.78 Å². The van der Waals surface area contributed by atoms with Crippen LogP contribution in [0.1, 0.15) is 19.6 Å². The third-order valence-electron chi connectivity index (χ3n) is 4.32. The molecule has 0 fully saturated rings. The third-order valence-corrected chi connectivity index (χ3v) is 4.57. The molecule has 0 amide bonds. The first kappa shape index (κ1) is 19.0. The number of rotatable bonds is 4. The van der Waals surface area contributed by atoms with Gasteiger partial charge in [0.25, 0.3) is 5.56 Å². The molecular weight excluding hydrogens is 396 g/mol. The Labute approximate surface area is 170 Å². The van der Waals surface area contributed by atoms with Crippen molar-refractivity contribution in [1.82, 2.24) is 9.78 Å². The van der Waals surface area contributed by atoms with Gasteiger partial charge in [-0.3, -0.25) is 9.59 Å². The van der Waals surface area contributed by atoms with Gasteiger partial charge in [0.2, 0.25) is 0 Å². The van der Waals surface area contributed by atoms with Crippen LogP contribution in [0.3, 0.4) is 0 Å². The molecule has 0 spiro atoms. The lowest BCUT2D eigenvalue weighted by molar-refractivity contribution is -0.146. The Hall–Kier alpha value is -3.32. The van der Waals surface area contributed by atoms with Crippen molar-refractivity contribution >= 4 is 28.5 Å². The van der Waals surface area contributed by atoms with Crippen LogP contribution in [0.4, 0.5) is 0 Å². The number of esters is 1. The minimum atomic E-state index is -0.512. The van der Waals surface area contributed by atoms with Gasteiger partial charge in [0.1, 0.15) is 34.8 Å². The van der Waals surface area contributed by atoms with E-state index in [0.29, 0.717) is 27.4 Å². The molecular formula is C21H17ClN2O5. The molecule has 2 aliphatic heterocycles. The highest BCUT2D eigenvalue weighted by molar-refractivity contribution is 6.30. The summed E-state index contributed by atoms with van der Waals surface area (Å²) in [7, 11) is 0. The molecule has 7 nitrogen and oxygen atoms in total. The summed E-state index contributed by atoms with van der Waals surface area (Å²) in [6.45, 7) is 3.48. The van der Waals surface area contributed by atoms with E-state index < -0.39 is 11.5 Å². The van der Waals surface area contributed by atoms with E-state index in [9.17, 15) is 14.7 Å². The second kappa shape index (κ2) is 7.25. The molecule has 4 rings (SSSR count). The van der Waals surface area contributed by atoms with Gasteiger partial charge in [-0.15, -0.1) is 0 Å². The Kier molecular flexibility index (Phi) is 4.76. The number of phenolic OH excluding ortho intramolecular Hbond substituents is 1.